The highest BCUT2D eigenvalue weighted by Gasteiger charge is 2.08. The average molecular weight is 325 g/mol. The Morgan fingerprint density at radius 1 is 1.39 bits per heavy atom. The first-order valence-corrected chi connectivity index (χ1v) is 6.67. The predicted octanol–water partition coefficient (Wildman–Crippen LogP) is 3.40. The Hall–Kier alpha value is -1.40. The van der Waals surface area contributed by atoms with Gasteiger partial charge in [-0.3, -0.25) is 0 Å². The number of halogens is 1. The van der Waals surface area contributed by atoms with Crippen LogP contribution >= 0.6 is 27.7 Å². The van der Waals surface area contributed by atoms with Crippen molar-refractivity contribution in [2.24, 2.45) is 0 Å². The third kappa shape index (κ3) is 3.30. The maximum Gasteiger partial charge on any atom is 0.335 e. The Bertz CT molecular complexity index is 604. The zero-order valence-corrected chi connectivity index (χ0v) is 11.8. The van der Waals surface area contributed by atoms with Gasteiger partial charge in [-0.1, -0.05) is 15.9 Å². The minimum absolute atomic E-state index is 0.236. The number of carbonyl (C=O) groups is 1. The van der Waals surface area contributed by atoms with Crippen LogP contribution in [0.5, 0.6) is 0 Å². The number of carboxylic acid groups (broad SMARTS) is 1. The number of hydrogen-bond donors (Lipinski definition) is 1. The van der Waals surface area contributed by atoms with Gasteiger partial charge in [0.05, 0.1) is 5.56 Å². The number of rotatable bonds is 3. The molecule has 0 radical (unpaired) electrons. The molecule has 2 rings (SSSR count). The maximum atomic E-state index is 11.0. The van der Waals surface area contributed by atoms with Crippen LogP contribution in [-0.2, 0) is 0 Å². The van der Waals surface area contributed by atoms with Gasteiger partial charge in [0.25, 0.3) is 0 Å². The van der Waals surface area contributed by atoms with Crippen molar-refractivity contribution >= 4 is 33.7 Å². The standard InChI is InChI=1S/C12H9BrN2O2S/c1-7-2-3-14-12(15-7)18-10-5-8(11(16)17)4-9(13)6-10/h2-6H,1H3,(H,16,17). The highest BCUT2D eigenvalue weighted by molar-refractivity contribution is 9.10. The van der Waals surface area contributed by atoms with Crippen molar-refractivity contribution in [3.63, 3.8) is 0 Å². The van der Waals surface area contributed by atoms with Crippen molar-refractivity contribution in [1.29, 1.82) is 0 Å². The van der Waals surface area contributed by atoms with E-state index < -0.39 is 5.97 Å². The molecular weight excluding hydrogens is 316 g/mol. The molecule has 0 aliphatic heterocycles. The molecule has 4 nitrogen and oxygen atoms in total. The highest BCUT2D eigenvalue weighted by atomic mass is 79.9. The van der Waals surface area contributed by atoms with E-state index in [1.165, 1.54) is 11.8 Å². The smallest absolute Gasteiger partial charge is 0.335 e. The van der Waals surface area contributed by atoms with Crippen molar-refractivity contribution in [3.05, 3.63) is 46.2 Å². The number of aromatic carboxylic acids is 1. The molecule has 0 unspecified atom stereocenters. The zero-order valence-electron chi connectivity index (χ0n) is 9.42. The van der Waals surface area contributed by atoms with E-state index in [4.69, 9.17) is 5.11 Å². The van der Waals surface area contributed by atoms with Crippen LogP contribution in [0.4, 0.5) is 0 Å². The fourth-order valence-electron chi connectivity index (χ4n) is 1.33. The number of benzene rings is 1. The molecule has 0 fully saturated rings. The lowest BCUT2D eigenvalue weighted by Gasteiger charge is -2.03. The van der Waals surface area contributed by atoms with Crippen LogP contribution < -0.4 is 0 Å². The van der Waals surface area contributed by atoms with E-state index in [-0.39, 0.29) is 5.56 Å². The van der Waals surface area contributed by atoms with Crippen LogP contribution in [0.3, 0.4) is 0 Å². The molecule has 1 aromatic heterocycles. The van der Waals surface area contributed by atoms with Crippen LogP contribution in [0.1, 0.15) is 16.1 Å². The summed E-state index contributed by atoms with van der Waals surface area (Å²) in [4.78, 5) is 20.1. The van der Waals surface area contributed by atoms with Gasteiger partial charge in [-0.25, -0.2) is 14.8 Å². The van der Waals surface area contributed by atoms with Crippen LogP contribution in [0, 0.1) is 6.92 Å². The van der Waals surface area contributed by atoms with E-state index in [1.807, 2.05) is 19.1 Å². The summed E-state index contributed by atoms with van der Waals surface area (Å²) in [6.07, 6.45) is 1.68. The van der Waals surface area contributed by atoms with Crippen LogP contribution in [0.15, 0.2) is 45.0 Å². The first-order valence-electron chi connectivity index (χ1n) is 5.06. The summed E-state index contributed by atoms with van der Waals surface area (Å²) in [7, 11) is 0. The number of aromatic nitrogens is 2. The summed E-state index contributed by atoms with van der Waals surface area (Å²) < 4.78 is 0.720. The second-order valence-electron chi connectivity index (χ2n) is 3.56. The molecule has 0 aliphatic carbocycles. The minimum atomic E-state index is -0.955. The van der Waals surface area contributed by atoms with Crippen LogP contribution in [-0.4, -0.2) is 21.0 Å². The Kier molecular flexibility index (Phi) is 3.98. The van der Waals surface area contributed by atoms with Crippen molar-refractivity contribution in [2.45, 2.75) is 17.0 Å². The molecule has 1 N–H and O–H groups in total. The third-order valence-electron chi connectivity index (χ3n) is 2.10. The predicted molar refractivity (Wildman–Crippen MR) is 72.0 cm³/mol. The second kappa shape index (κ2) is 5.49. The molecule has 0 amide bonds. The molecule has 2 aromatic rings. The van der Waals surface area contributed by atoms with Crippen molar-refractivity contribution < 1.29 is 9.90 Å². The van der Waals surface area contributed by atoms with Gasteiger partial charge in [0.15, 0.2) is 5.16 Å². The van der Waals surface area contributed by atoms with Gasteiger partial charge >= 0.3 is 5.97 Å². The topological polar surface area (TPSA) is 63.1 Å². The summed E-state index contributed by atoms with van der Waals surface area (Å²) in [5.41, 5.74) is 1.11. The highest BCUT2D eigenvalue weighted by Crippen LogP contribution is 2.28. The summed E-state index contributed by atoms with van der Waals surface area (Å²) in [5, 5.41) is 9.58. The largest absolute Gasteiger partial charge is 0.478 e. The molecule has 18 heavy (non-hydrogen) atoms. The normalized spacial score (nSPS) is 10.3. The summed E-state index contributed by atoms with van der Waals surface area (Å²) in [6.45, 7) is 1.88. The molecule has 1 heterocycles. The first kappa shape index (κ1) is 13.0. The molecule has 6 heteroatoms. The van der Waals surface area contributed by atoms with Gasteiger partial charge in [0, 0.05) is 21.3 Å². The quantitative estimate of drug-likeness (QED) is 0.877. The lowest BCUT2D eigenvalue weighted by Crippen LogP contribution is -1.96. The van der Waals surface area contributed by atoms with Gasteiger partial charge in [-0.2, -0.15) is 0 Å². The third-order valence-corrected chi connectivity index (χ3v) is 3.41. The van der Waals surface area contributed by atoms with Gasteiger partial charge in [0.1, 0.15) is 0 Å². The molecule has 0 spiro atoms. The molecule has 1 aromatic carbocycles. The van der Waals surface area contributed by atoms with Crippen molar-refractivity contribution in [1.82, 2.24) is 9.97 Å². The van der Waals surface area contributed by atoms with E-state index in [0.717, 1.165) is 15.1 Å². The number of aryl methyl sites for hydroxylation is 1. The van der Waals surface area contributed by atoms with E-state index in [2.05, 4.69) is 25.9 Å². The number of nitrogens with zero attached hydrogens (tertiary/aromatic N) is 2. The van der Waals surface area contributed by atoms with Gasteiger partial charge < -0.3 is 5.11 Å². The minimum Gasteiger partial charge on any atom is -0.478 e. The summed E-state index contributed by atoms with van der Waals surface area (Å²) in [5.74, 6) is -0.955. The van der Waals surface area contributed by atoms with Gasteiger partial charge in [-0.05, 0) is 43.0 Å². The fourth-order valence-corrected chi connectivity index (χ4v) is 2.86. The maximum absolute atomic E-state index is 11.0. The molecule has 0 saturated carbocycles. The molecule has 0 atom stereocenters. The fraction of sp³-hybridized carbons (Fsp3) is 0.0833. The van der Waals surface area contributed by atoms with E-state index in [1.54, 1.807) is 18.3 Å². The lowest BCUT2D eigenvalue weighted by molar-refractivity contribution is 0.0696. The SMILES string of the molecule is Cc1ccnc(Sc2cc(Br)cc(C(=O)O)c2)n1. The Labute approximate surface area is 117 Å². The zero-order chi connectivity index (χ0) is 13.1. The van der Waals surface area contributed by atoms with Crippen LogP contribution in [0.2, 0.25) is 0 Å². The van der Waals surface area contributed by atoms with Crippen molar-refractivity contribution in [2.75, 3.05) is 0 Å². The van der Waals surface area contributed by atoms with Crippen molar-refractivity contribution in [3.8, 4) is 0 Å². The Balaban J connectivity index is 2.31. The average Bonchev–Trinajstić information content (AvgIpc) is 2.28. The summed E-state index contributed by atoms with van der Waals surface area (Å²) in [6, 6.07) is 6.81. The Morgan fingerprint density at radius 2 is 2.17 bits per heavy atom. The summed E-state index contributed by atoms with van der Waals surface area (Å²) >= 11 is 4.62. The van der Waals surface area contributed by atoms with Crippen LogP contribution in [0.25, 0.3) is 0 Å². The van der Waals surface area contributed by atoms with E-state index in [0.29, 0.717) is 5.16 Å². The molecule has 92 valence electrons. The molecule has 0 aliphatic rings. The monoisotopic (exact) mass is 324 g/mol. The first-order chi connectivity index (χ1) is 8.54. The van der Waals surface area contributed by atoms with E-state index >= 15 is 0 Å². The molecular formula is C12H9BrN2O2S. The van der Waals surface area contributed by atoms with Gasteiger partial charge in [-0.15, -0.1) is 0 Å². The lowest BCUT2D eigenvalue weighted by atomic mass is 10.2. The van der Waals surface area contributed by atoms with E-state index in [9.17, 15) is 4.79 Å². The Morgan fingerprint density at radius 3 is 2.83 bits per heavy atom. The second-order valence-corrected chi connectivity index (χ2v) is 5.52. The number of carboxylic acids is 1. The number of hydrogen-bond acceptors (Lipinski definition) is 4. The molecule has 0 bridgehead atoms. The van der Waals surface area contributed by atoms with Gasteiger partial charge in [0.2, 0.25) is 0 Å². The molecule has 0 saturated heterocycles.